The molecule has 0 unspecified atom stereocenters. The highest BCUT2D eigenvalue weighted by Gasteiger charge is 2.36. The SMILES string of the molecule is CN(C)/C=C1/SC(=NS(=O)(=O)c2ccccc2)N(c2ccccc2)C1=O. The van der Waals surface area contributed by atoms with Crippen molar-refractivity contribution in [3.05, 3.63) is 71.8 Å². The molecule has 0 radical (unpaired) electrons. The van der Waals surface area contributed by atoms with Crippen LogP contribution >= 0.6 is 11.8 Å². The van der Waals surface area contributed by atoms with Crippen LogP contribution in [0.1, 0.15) is 0 Å². The molecule has 0 saturated carbocycles. The van der Waals surface area contributed by atoms with Crippen LogP contribution in [0.2, 0.25) is 0 Å². The highest BCUT2D eigenvalue weighted by Crippen LogP contribution is 2.35. The Morgan fingerprint density at radius 3 is 2.15 bits per heavy atom. The molecule has 0 aliphatic carbocycles. The van der Waals surface area contributed by atoms with E-state index in [4.69, 9.17) is 0 Å². The highest BCUT2D eigenvalue weighted by atomic mass is 32.2. The van der Waals surface area contributed by atoms with Crippen molar-refractivity contribution < 1.29 is 13.2 Å². The van der Waals surface area contributed by atoms with E-state index in [9.17, 15) is 13.2 Å². The average Bonchev–Trinajstić information content (AvgIpc) is 2.90. The van der Waals surface area contributed by atoms with Crippen molar-refractivity contribution in [1.29, 1.82) is 0 Å². The van der Waals surface area contributed by atoms with Crippen molar-refractivity contribution in [2.75, 3.05) is 19.0 Å². The molecule has 1 saturated heterocycles. The van der Waals surface area contributed by atoms with Gasteiger partial charge in [-0.1, -0.05) is 36.4 Å². The third kappa shape index (κ3) is 3.81. The fourth-order valence-electron chi connectivity index (χ4n) is 2.31. The summed E-state index contributed by atoms with van der Waals surface area (Å²) in [7, 11) is -0.337. The second-order valence-corrected chi connectivity index (χ2v) is 8.31. The van der Waals surface area contributed by atoms with Gasteiger partial charge in [0.15, 0.2) is 5.17 Å². The van der Waals surface area contributed by atoms with Gasteiger partial charge in [-0.2, -0.15) is 8.42 Å². The van der Waals surface area contributed by atoms with Crippen molar-refractivity contribution >= 4 is 38.5 Å². The predicted molar refractivity (Wildman–Crippen MR) is 104 cm³/mol. The van der Waals surface area contributed by atoms with E-state index in [0.717, 1.165) is 11.8 Å². The van der Waals surface area contributed by atoms with Gasteiger partial charge in [0.05, 0.1) is 15.5 Å². The van der Waals surface area contributed by atoms with Crippen LogP contribution in [0, 0.1) is 0 Å². The van der Waals surface area contributed by atoms with Crippen molar-refractivity contribution in [1.82, 2.24) is 4.90 Å². The number of hydrogen-bond acceptors (Lipinski definition) is 5. The highest BCUT2D eigenvalue weighted by molar-refractivity contribution is 8.19. The Balaban J connectivity index is 2.09. The number of carbonyl (C=O) groups excluding carboxylic acids is 1. The summed E-state index contributed by atoms with van der Waals surface area (Å²) in [6.07, 6.45) is 1.65. The number of anilines is 1. The van der Waals surface area contributed by atoms with Gasteiger partial charge in [0, 0.05) is 20.3 Å². The Morgan fingerprint density at radius 2 is 1.58 bits per heavy atom. The molecule has 1 heterocycles. The molecule has 1 fully saturated rings. The van der Waals surface area contributed by atoms with Crippen LogP contribution in [-0.4, -0.2) is 38.5 Å². The molecule has 2 aromatic rings. The van der Waals surface area contributed by atoms with Crippen molar-refractivity contribution in [3.63, 3.8) is 0 Å². The summed E-state index contributed by atoms with van der Waals surface area (Å²) in [6.45, 7) is 0. The molecule has 0 bridgehead atoms. The lowest BCUT2D eigenvalue weighted by atomic mass is 10.3. The first-order valence-corrected chi connectivity index (χ1v) is 10.00. The van der Waals surface area contributed by atoms with Gasteiger partial charge in [0.1, 0.15) is 0 Å². The summed E-state index contributed by atoms with van der Waals surface area (Å²) in [5, 5.41) is 0.109. The van der Waals surface area contributed by atoms with Crippen molar-refractivity contribution in [3.8, 4) is 0 Å². The summed E-state index contributed by atoms with van der Waals surface area (Å²) < 4.78 is 29.2. The van der Waals surface area contributed by atoms with E-state index in [1.165, 1.54) is 17.0 Å². The Kier molecular flexibility index (Phi) is 5.15. The first kappa shape index (κ1) is 18.2. The zero-order valence-corrected chi connectivity index (χ0v) is 15.9. The predicted octanol–water partition coefficient (Wildman–Crippen LogP) is 2.91. The van der Waals surface area contributed by atoms with E-state index < -0.39 is 10.0 Å². The van der Waals surface area contributed by atoms with Gasteiger partial charge in [-0.15, -0.1) is 4.40 Å². The minimum Gasteiger partial charge on any atom is -0.382 e. The molecule has 2 aromatic carbocycles. The van der Waals surface area contributed by atoms with E-state index in [-0.39, 0.29) is 16.0 Å². The van der Waals surface area contributed by atoms with Gasteiger partial charge in [-0.3, -0.25) is 9.69 Å². The van der Waals surface area contributed by atoms with Gasteiger partial charge >= 0.3 is 0 Å². The number of benzene rings is 2. The van der Waals surface area contributed by atoms with Gasteiger partial charge < -0.3 is 4.90 Å². The molecule has 1 aliphatic rings. The molecule has 1 aliphatic heterocycles. The van der Waals surface area contributed by atoms with Gasteiger partial charge in [0.25, 0.3) is 15.9 Å². The van der Waals surface area contributed by atoms with E-state index in [0.29, 0.717) is 10.6 Å². The first-order chi connectivity index (χ1) is 12.4. The molecule has 3 rings (SSSR count). The van der Waals surface area contributed by atoms with Crippen LogP contribution in [0.15, 0.2) is 81.1 Å². The number of sulfonamides is 1. The number of rotatable bonds is 4. The van der Waals surface area contributed by atoms with Crippen LogP contribution < -0.4 is 4.90 Å². The summed E-state index contributed by atoms with van der Waals surface area (Å²) >= 11 is 1.04. The zero-order valence-electron chi connectivity index (χ0n) is 14.2. The van der Waals surface area contributed by atoms with Crippen LogP contribution in [0.5, 0.6) is 0 Å². The monoisotopic (exact) mass is 387 g/mol. The molecule has 6 nitrogen and oxygen atoms in total. The molecule has 0 spiro atoms. The van der Waals surface area contributed by atoms with E-state index in [1.807, 2.05) is 6.07 Å². The number of amides is 1. The maximum Gasteiger partial charge on any atom is 0.284 e. The molecular weight excluding hydrogens is 370 g/mol. The lowest BCUT2D eigenvalue weighted by Gasteiger charge is -2.15. The lowest BCUT2D eigenvalue weighted by Crippen LogP contribution is -2.29. The molecule has 134 valence electrons. The van der Waals surface area contributed by atoms with Crippen LogP contribution in [0.4, 0.5) is 5.69 Å². The zero-order chi connectivity index (χ0) is 18.7. The molecule has 0 aromatic heterocycles. The Morgan fingerprint density at radius 1 is 1.00 bits per heavy atom. The summed E-state index contributed by atoms with van der Waals surface area (Å²) in [5.74, 6) is -0.308. The lowest BCUT2D eigenvalue weighted by molar-refractivity contribution is -0.113. The summed E-state index contributed by atoms with van der Waals surface area (Å²) in [5.41, 5.74) is 0.564. The first-order valence-electron chi connectivity index (χ1n) is 7.74. The van der Waals surface area contributed by atoms with E-state index in [1.54, 1.807) is 67.7 Å². The fraction of sp³-hybridized carbons (Fsp3) is 0.111. The van der Waals surface area contributed by atoms with Crippen molar-refractivity contribution in [2.45, 2.75) is 4.90 Å². The van der Waals surface area contributed by atoms with Crippen LogP contribution in [0.25, 0.3) is 0 Å². The normalized spacial score (nSPS) is 17.9. The topological polar surface area (TPSA) is 70.1 Å². The van der Waals surface area contributed by atoms with Gasteiger partial charge in [-0.05, 0) is 36.0 Å². The third-order valence-electron chi connectivity index (χ3n) is 3.44. The minimum atomic E-state index is -3.93. The molecule has 26 heavy (non-hydrogen) atoms. The van der Waals surface area contributed by atoms with Gasteiger partial charge in [0.2, 0.25) is 0 Å². The Hall–Kier alpha value is -2.58. The fourth-order valence-corrected chi connectivity index (χ4v) is 4.57. The van der Waals surface area contributed by atoms with E-state index in [2.05, 4.69) is 4.40 Å². The standard InChI is InChI=1S/C18H17N3O3S2/c1-20(2)13-16-17(22)21(14-9-5-3-6-10-14)18(25-16)19-26(23,24)15-11-7-4-8-12-15/h3-13H,1-2H3/b16-13+,19-18?. The third-order valence-corrected chi connectivity index (χ3v) is 5.79. The van der Waals surface area contributed by atoms with Gasteiger partial charge in [-0.25, -0.2) is 0 Å². The van der Waals surface area contributed by atoms with Crippen LogP contribution in [0.3, 0.4) is 0 Å². The number of thioether (sulfide) groups is 1. The minimum absolute atomic E-state index is 0.0820. The Bertz CT molecular complexity index is 969. The number of para-hydroxylation sites is 1. The maximum atomic E-state index is 12.8. The second kappa shape index (κ2) is 7.35. The number of amidine groups is 1. The van der Waals surface area contributed by atoms with Crippen molar-refractivity contribution in [2.24, 2.45) is 4.40 Å². The molecule has 8 heteroatoms. The maximum absolute atomic E-state index is 12.8. The number of carbonyl (C=O) groups is 1. The smallest absolute Gasteiger partial charge is 0.284 e. The Labute approximate surface area is 156 Å². The summed E-state index contributed by atoms with van der Waals surface area (Å²) in [4.78, 5) is 16.3. The van der Waals surface area contributed by atoms with E-state index >= 15 is 0 Å². The quantitative estimate of drug-likeness (QED) is 0.755. The second-order valence-electron chi connectivity index (χ2n) is 5.70. The molecular formula is C18H17N3O3S2. The summed E-state index contributed by atoms with van der Waals surface area (Å²) in [6, 6.07) is 16.8. The number of nitrogens with zero attached hydrogens (tertiary/aromatic N) is 3. The molecule has 0 atom stereocenters. The average molecular weight is 387 g/mol. The molecule has 0 N–H and O–H groups in total. The largest absolute Gasteiger partial charge is 0.382 e. The molecule has 1 amide bonds. The van der Waals surface area contributed by atoms with Crippen LogP contribution in [-0.2, 0) is 14.8 Å². The number of hydrogen-bond donors (Lipinski definition) is 0.